The van der Waals surface area contributed by atoms with Gasteiger partial charge in [0.05, 0.1) is 12.7 Å². The SMILES string of the molecule is COC(=O)c1cc(C=O)c(C)c(B(O)O)c1. The van der Waals surface area contributed by atoms with Crippen molar-refractivity contribution in [1.82, 2.24) is 0 Å². The van der Waals surface area contributed by atoms with E-state index in [1.165, 1.54) is 19.2 Å². The van der Waals surface area contributed by atoms with Gasteiger partial charge in [-0.25, -0.2) is 4.79 Å². The molecule has 5 nitrogen and oxygen atoms in total. The highest BCUT2D eigenvalue weighted by Crippen LogP contribution is 2.09. The second-order valence-electron chi connectivity index (χ2n) is 3.26. The van der Waals surface area contributed by atoms with Gasteiger partial charge in [-0.15, -0.1) is 0 Å². The van der Waals surface area contributed by atoms with Gasteiger partial charge >= 0.3 is 13.1 Å². The largest absolute Gasteiger partial charge is 0.488 e. The Morgan fingerprint density at radius 2 is 2.06 bits per heavy atom. The molecule has 0 aromatic heterocycles. The van der Waals surface area contributed by atoms with Crippen LogP contribution in [0.4, 0.5) is 0 Å². The van der Waals surface area contributed by atoms with Crippen LogP contribution in [0.5, 0.6) is 0 Å². The van der Waals surface area contributed by atoms with E-state index in [0.29, 0.717) is 11.8 Å². The molecule has 6 heteroatoms. The van der Waals surface area contributed by atoms with Crippen LogP contribution in [0, 0.1) is 6.92 Å². The lowest BCUT2D eigenvalue weighted by Crippen LogP contribution is -2.33. The van der Waals surface area contributed by atoms with Crippen LogP contribution in [0.3, 0.4) is 0 Å². The Labute approximate surface area is 92.8 Å². The zero-order valence-corrected chi connectivity index (χ0v) is 8.93. The Balaban J connectivity index is 3.39. The van der Waals surface area contributed by atoms with E-state index in [2.05, 4.69) is 4.74 Å². The predicted octanol–water partition coefficient (Wildman–Crippen LogP) is -0.726. The fourth-order valence-electron chi connectivity index (χ4n) is 1.39. The molecular weight excluding hydrogens is 211 g/mol. The summed E-state index contributed by atoms with van der Waals surface area (Å²) in [4.78, 5) is 22.0. The normalized spacial score (nSPS) is 9.75. The molecule has 0 amide bonds. The molecule has 1 aromatic rings. The number of ether oxygens (including phenoxy) is 1. The van der Waals surface area contributed by atoms with Gasteiger partial charge in [0.1, 0.15) is 6.29 Å². The molecule has 0 fully saturated rings. The molecule has 0 heterocycles. The van der Waals surface area contributed by atoms with Crippen LogP contribution in [0.25, 0.3) is 0 Å². The van der Waals surface area contributed by atoms with Gasteiger partial charge in [-0.3, -0.25) is 4.79 Å². The molecule has 0 aliphatic rings. The van der Waals surface area contributed by atoms with Crippen LogP contribution in [0.1, 0.15) is 26.3 Å². The third kappa shape index (κ3) is 2.29. The Bertz CT molecular complexity index is 427. The number of rotatable bonds is 3. The van der Waals surface area contributed by atoms with E-state index in [4.69, 9.17) is 10.0 Å². The number of carbonyl (C=O) groups is 2. The summed E-state index contributed by atoms with van der Waals surface area (Å²) in [7, 11) is -0.527. The number of hydrogen-bond acceptors (Lipinski definition) is 5. The first-order valence-electron chi connectivity index (χ1n) is 4.55. The minimum Gasteiger partial charge on any atom is -0.465 e. The first-order valence-corrected chi connectivity index (χ1v) is 4.55. The number of carbonyl (C=O) groups excluding carboxylic acids is 2. The standard InChI is InChI=1S/C10H11BO5/c1-6-8(5-12)3-7(10(13)16-2)4-9(6)11(14)15/h3-5,14-15H,1-2H3. The smallest absolute Gasteiger partial charge is 0.465 e. The second kappa shape index (κ2) is 4.91. The van der Waals surface area contributed by atoms with Crippen molar-refractivity contribution in [2.75, 3.05) is 7.11 Å². The molecular formula is C10H11BO5. The van der Waals surface area contributed by atoms with Gasteiger partial charge in [0.15, 0.2) is 0 Å². The summed E-state index contributed by atoms with van der Waals surface area (Å²) in [5.41, 5.74) is 0.881. The molecule has 0 atom stereocenters. The maximum atomic E-state index is 11.3. The van der Waals surface area contributed by atoms with E-state index in [0.717, 1.165) is 0 Å². The molecule has 0 radical (unpaired) electrons. The number of methoxy groups -OCH3 is 1. The minimum atomic E-state index is -1.73. The molecule has 0 saturated carbocycles. The first kappa shape index (κ1) is 12.4. The number of hydrogen-bond donors (Lipinski definition) is 2. The highest BCUT2D eigenvalue weighted by Gasteiger charge is 2.19. The number of aldehydes is 1. The molecule has 2 N–H and O–H groups in total. The molecule has 0 spiro atoms. The molecule has 0 saturated heterocycles. The Kier molecular flexibility index (Phi) is 3.81. The summed E-state index contributed by atoms with van der Waals surface area (Å²) < 4.78 is 4.49. The monoisotopic (exact) mass is 222 g/mol. The van der Waals surface area contributed by atoms with Gasteiger partial charge in [0.2, 0.25) is 0 Å². The van der Waals surface area contributed by atoms with Crippen LogP contribution < -0.4 is 5.46 Å². The van der Waals surface area contributed by atoms with Crippen molar-refractivity contribution in [2.45, 2.75) is 6.92 Å². The van der Waals surface area contributed by atoms with Crippen LogP contribution in [-0.2, 0) is 4.74 Å². The van der Waals surface area contributed by atoms with Gasteiger partial charge in [-0.2, -0.15) is 0 Å². The van der Waals surface area contributed by atoms with E-state index in [1.807, 2.05) is 0 Å². The number of benzene rings is 1. The van der Waals surface area contributed by atoms with Crippen LogP contribution in [-0.4, -0.2) is 36.5 Å². The van der Waals surface area contributed by atoms with Crippen molar-refractivity contribution in [3.63, 3.8) is 0 Å². The van der Waals surface area contributed by atoms with Gasteiger partial charge < -0.3 is 14.8 Å². The number of esters is 1. The molecule has 0 unspecified atom stereocenters. The lowest BCUT2D eigenvalue weighted by Gasteiger charge is -2.09. The fourth-order valence-corrected chi connectivity index (χ4v) is 1.39. The van der Waals surface area contributed by atoms with Crippen molar-refractivity contribution in [2.24, 2.45) is 0 Å². The lowest BCUT2D eigenvalue weighted by molar-refractivity contribution is 0.0601. The molecule has 1 aromatic carbocycles. The zero-order chi connectivity index (χ0) is 12.3. The molecule has 0 aliphatic heterocycles. The van der Waals surface area contributed by atoms with Gasteiger partial charge in [-0.05, 0) is 30.1 Å². The summed E-state index contributed by atoms with van der Waals surface area (Å²) in [6.07, 6.45) is 0.549. The van der Waals surface area contributed by atoms with Crippen molar-refractivity contribution < 1.29 is 24.4 Å². The predicted molar refractivity (Wildman–Crippen MR) is 57.7 cm³/mol. The maximum absolute atomic E-state index is 11.3. The molecule has 1 rings (SSSR count). The van der Waals surface area contributed by atoms with Crippen LogP contribution in [0.2, 0.25) is 0 Å². The minimum absolute atomic E-state index is 0.110. The van der Waals surface area contributed by atoms with E-state index >= 15 is 0 Å². The average molecular weight is 222 g/mol. The summed E-state index contributed by atoms with van der Waals surface area (Å²) in [6, 6.07) is 2.64. The van der Waals surface area contributed by atoms with Crippen molar-refractivity contribution in [3.8, 4) is 0 Å². The molecule has 16 heavy (non-hydrogen) atoms. The first-order chi connectivity index (χ1) is 7.51. The Hall–Kier alpha value is -1.66. The summed E-state index contributed by atoms with van der Waals surface area (Å²) in [6.45, 7) is 1.57. The van der Waals surface area contributed by atoms with Crippen molar-refractivity contribution in [1.29, 1.82) is 0 Å². The van der Waals surface area contributed by atoms with Gasteiger partial charge in [0.25, 0.3) is 0 Å². The fraction of sp³-hybridized carbons (Fsp3) is 0.200. The topological polar surface area (TPSA) is 83.8 Å². The Morgan fingerprint density at radius 3 is 2.50 bits per heavy atom. The van der Waals surface area contributed by atoms with E-state index in [-0.39, 0.29) is 16.6 Å². The van der Waals surface area contributed by atoms with Gasteiger partial charge in [0, 0.05) is 5.56 Å². The molecule has 0 bridgehead atoms. The molecule has 84 valence electrons. The second-order valence-corrected chi connectivity index (χ2v) is 3.26. The highest BCUT2D eigenvalue weighted by atomic mass is 16.5. The third-order valence-corrected chi connectivity index (χ3v) is 2.31. The summed E-state index contributed by atoms with van der Waals surface area (Å²) >= 11 is 0. The molecule has 0 aliphatic carbocycles. The zero-order valence-electron chi connectivity index (χ0n) is 8.93. The third-order valence-electron chi connectivity index (χ3n) is 2.31. The van der Waals surface area contributed by atoms with Crippen molar-refractivity contribution >= 4 is 24.8 Å². The van der Waals surface area contributed by atoms with Crippen molar-refractivity contribution in [3.05, 3.63) is 28.8 Å². The van der Waals surface area contributed by atoms with Crippen LogP contribution >= 0.6 is 0 Å². The van der Waals surface area contributed by atoms with E-state index < -0.39 is 13.1 Å². The quantitative estimate of drug-likeness (QED) is 0.400. The van der Waals surface area contributed by atoms with E-state index in [1.54, 1.807) is 6.92 Å². The summed E-state index contributed by atoms with van der Waals surface area (Å²) in [5, 5.41) is 18.2. The van der Waals surface area contributed by atoms with Crippen LogP contribution in [0.15, 0.2) is 12.1 Å². The highest BCUT2D eigenvalue weighted by molar-refractivity contribution is 6.59. The Morgan fingerprint density at radius 1 is 1.44 bits per heavy atom. The van der Waals surface area contributed by atoms with Gasteiger partial charge in [-0.1, -0.05) is 0 Å². The lowest BCUT2D eigenvalue weighted by atomic mass is 9.75. The summed E-state index contributed by atoms with van der Waals surface area (Å²) in [5.74, 6) is -0.634. The maximum Gasteiger partial charge on any atom is 0.488 e. The van der Waals surface area contributed by atoms with E-state index in [9.17, 15) is 9.59 Å². The average Bonchev–Trinajstić information content (AvgIpc) is 2.27.